The fourth-order valence-corrected chi connectivity index (χ4v) is 4.14. The Hall–Kier alpha value is -4.04. The summed E-state index contributed by atoms with van der Waals surface area (Å²) >= 11 is 5.86. The van der Waals surface area contributed by atoms with Gasteiger partial charge in [-0.05, 0) is 18.4 Å². The molecule has 0 radical (unpaired) electrons. The number of H-pyrrole nitrogens is 1. The summed E-state index contributed by atoms with van der Waals surface area (Å²) in [5.74, 6) is -0.306. The number of nitrogens with one attached hydrogen (secondary N) is 2. The van der Waals surface area contributed by atoms with Crippen molar-refractivity contribution in [3.8, 4) is 17.3 Å². The third-order valence-corrected chi connectivity index (χ3v) is 6.20. The molecule has 0 fully saturated rings. The first-order valence-electron chi connectivity index (χ1n) is 10.9. The summed E-state index contributed by atoms with van der Waals surface area (Å²) in [6.45, 7) is 2.57. The molecule has 0 aliphatic carbocycles. The molecule has 0 spiro atoms. The molecule has 0 saturated carbocycles. The highest BCUT2D eigenvalue weighted by Gasteiger charge is 2.23. The zero-order valence-corrected chi connectivity index (χ0v) is 19.9. The highest BCUT2D eigenvalue weighted by Crippen LogP contribution is 2.31. The molecular formula is C23H23ClFN9O. The third-order valence-electron chi connectivity index (χ3n) is 5.93. The molecule has 2 atom stereocenters. The van der Waals surface area contributed by atoms with Gasteiger partial charge in [0.15, 0.2) is 16.8 Å². The molecule has 0 aromatic carbocycles. The highest BCUT2D eigenvalue weighted by molar-refractivity contribution is 6.29. The first kappa shape index (κ1) is 24.1. The van der Waals surface area contributed by atoms with Crippen LogP contribution in [0.4, 0.5) is 15.9 Å². The van der Waals surface area contributed by atoms with Gasteiger partial charge in [0.25, 0.3) is 0 Å². The van der Waals surface area contributed by atoms with Crippen molar-refractivity contribution < 1.29 is 9.18 Å². The maximum absolute atomic E-state index is 13.8. The van der Waals surface area contributed by atoms with E-state index in [1.807, 2.05) is 25.4 Å². The minimum Gasteiger partial charge on any atom is -0.358 e. The zero-order chi connectivity index (χ0) is 24.9. The van der Waals surface area contributed by atoms with Crippen LogP contribution in [0.3, 0.4) is 0 Å². The number of carbonyl (C=O) groups excluding carboxylic acids is 1. The Labute approximate surface area is 205 Å². The third kappa shape index (κ3) is 5.07. The van der Waals surface area contributed by atoms with E-state index in [1.54, 1.807) is 22.8 Å². The molecule has 4 heterocycles. The van der Waals surface area contributed by atoms with Crippen LogP contribution in [0.25, 0.3) is 22.3 Å². The van der Waals surface area contributed by atoms with Gasteiger partial charge in [-0.2, -0.15) is 10.4 Å². The Balaban J connectivity index is 1.51. The van der Waals surface area contributed by atoms with Gasteiger partial charge >= 0.3 is 0 Å². The van der Waals surface area contributed by atoms with Crippen molar-refractivity contribution in [2.75, 3.05) is 23.8 Å². The first-order valence-corrected chi connectivity index (χ1v) is 11.3. The van der Waals surface area contributed by atoms with Crippen LogP contribution in [0.2, 0.25) is 5.15 Å². The number of hydrogen-bond donors (Lipinski definition) is 2. The second-order valence-corrected chi connectivity index (χ2v) is 8.54. The number of rotatable bonds is 10. The number of nitrogens with zero attached hydrogens (tertiary/aromatic N) is 7. The standard InChI is InChI=1S/C23H23ClFN9O/c1-14(5-8-33(2)23-18(30-13-35)9-17(25)21(24)32-23)19(3-6-26)34-11-15(10-31-34)20-16-4-7-27-22(16)29-12-28-20/h4,7,9-14,19H,3,5,8H2,1-2H3,(H,30,35)(H,27,28,29). The average Bonchev–Trinajstić information content (AvgIpc) is 3.53. The molecule has 180 valence electrons. The Morgan fingerprint density at radius 3 is 3.03 bits per heavy atom. The molecule has 35 heavy (non-hydrogen) atoms. The van der Waals surface area contributed by atoms with E-state index >= 15 is 0 Å². The number of nitriles is 1. The number of aromatic amines is 1. The van der Waals surface area contributed by atoms with Gasteiger partial charge in [0.1, 0.15) is 12.0 Å². The van der Waals surface area contributed by atoms with Crippen LogP contribution in [-0.4, -0.2) is 49.7 Å². The van der Waals surface area contributed by atoms with E-state index in [9.17, 15) is 14.4 Å². The second-order valence-electron chi connectivity index (χ2n) is 8.18. The van der Waals surface area contributed by atoms with Crippen LogP contribution in [0.15, 0.2) is 37.1 Å². The van der Waals surface area contributed by atoms with Gasteiger partial charge in [-0.25, -0.2) is 19.3 Å². The molecule has 10 nitrogen and oxygen atoms in total. The number of carbonyl (C=O) groups is 1. The maximum Gasteiger partial charge on any atom is 0.211 e. The van der Waals surface area contributed by atoms with Gasteiger partial charge in [0, 0.05) is 43.0 Å². The molecule has 2 N–H and O–H groups in total. The molecule has 4 rings (SSSR count). The summed E-state index contributed by atoms with van der Waals surface area (Å²) in [7, 11) is 1.78. The molecular weight excluding hydrogens is 473 g/mol. The Morgan fingerprint density at radius 1 is 1.43 bits per heavy atom. The lowest BCUT2D eigenvalue weighted by Gasteiger charge is -2.26. The van der Waals surface area contributed by atoms with E-state index in [4.69, 9.17) is 11.6 Å². The molecule has 12 heteroatoms. The maximum atomic E-state index is 13.8. The summed E-state index contributed by atoms with van der Waals surface area (Å²) < 4.78 is 15.6. The molecule has 1 amide bonds. The molecule has 0 aliphatic heterocycles. The average molecular weight is 496 g/mol. The van der Waals surface area contributed by atoms with Crippen LogP contribution >= 0.6 is 11.6 Å². The Bertz CT molecular complexity index is 1380. The first-order chi connectivity index (χ1) is 16.9. The lowest BCUT2D eigenvalue weighted by Crippen LogP contribution is -2.26. The van der Waals surface area contributed by atoms with Crippen molar-refractivity contribution in [2.45, 2.75) is 25.8 Å². The van der Waals surface area contributed by atoms with E-state index in [1.165, 1.54) is 6.33 Å². The number of anilines is 2. The number of pyridine rings is 1. The van der Waals surface area contributed by atoms with E-state index in [0.29, 0.717) is 25.2 Å². The summed E-state index contributed by atoms with van der Waals surface area (Å²) in [5.41, 5.74) is 2.56. The van der Waals surface area contributed by atoms with Crippen molar-refractivity contribution >= 4 is 40.5 Å². The van der Waals surface area contributed by atoms with Gasteiger partial charge in [-0.3, -0.25) is 9.48 Å². The SMILES string of the molecule is CC(CCN(C)c1nc(Cl)c(F)cc1NC=O)C(CC#N)n1cc(-c2ncnc3[nH]ccc23)cn1. The number of halogens is 2. The molecule has 4 aromatic heterocycles. The normalized spacial score (nSPS) is 12.8. The predicted molar refractivity (Wildman–Crippen MR) is 130 cm³/mol. The van der Waals surface area contributed by atoms with Crippen LogP contribution in [0.1, 0.15) is 25.8 Å². The van der Waals surface area contributed by atoms with Crippen molar-refractivity contribution in [3.05, 3.63) is 48.0 Å². The lowest BCUT2D eigenvalue weighted by atomic mass is 9.96. The summed E-state index contributed by atoms with van der Waals surface area (Å²) in [6, 6.07) is 5.13. The summed E-state index contributed by atoms with van der Waals surface area (Å²) in [6.07, 6.45) is 8.34. The van der Waals surface area contributed by atoms with Crippen LogP contribution < -0.4 is 10.2 Å². The van der Waals surface area contributed by atoms with Crippen LogP contribution in [-0.2, 0) is 4.79 Å². The van der Waals surface area contributed by atoms with Crippen LogP contribution in [0, 0.1) is 23.1 Å². The number of fused-ring (bicyclic) bond motifs is 1. The number of aromatic nitrogens is 6. The molecule has 4 aromatic rings. The highest BCUT2D eigenvalue weighted by atomic mass is 35.5. The lowest BCUT2D eigenvalue weighted by molar-refractivity contribution is -0.105. The smallest absolute Gasteiger partial charge is 0.211 e. The van der Waals surface area contributed by atoms with Crippen molar-refractivity contribution in [3.63, 3.8) is 0 Å². The monoisotopic (exact) mass is 495 g/mol. The molecule has 2 unspecified atom stereocenters. The van der Waals surface area contributed by atoms with Crippen molar-refractivity contribution in [1.82, 2.24) is 29.7 Å². The zero-order valence-electron chi connectivity index (χ0n) is 19.1. The fraction of sp³-hybridized carbons (Fsp3) is 0.304. The second kappa shape index (κ2) is 10.5. The summed E-state index contributed by atoms with van der Waals surface area (Å²) in [5, 5.41) is 17.1. The number of hydrogen-bond acceptors (Lipinski definition) is 7. The van der Waals surface area contributed by atoms with E-state index in [2.05, 4.69) is 36.4 Å². The van der Waals surface area contributed by atoms with Gasteiger partial charge in [-0.1, -0.05) is 18.5 Å². The Morgan fingerprint density at radius 2 is 2.26 bits per heavy atom. The molecule has 0 aliphatic rings. The predicted octanol–water partition coefficient (Wildman–Crippen LogP) is 4.19. The molecule has 0 bridgehead atoms. The van der Waals surface area contributed by atoms with E-state index < -0.39 is 5.82 Å². The minimum atomic E-state index is -0.717. The van der Waals surface area contributed by atoms with E-state index in [-0.39, 0.29) is 29.2 Å². The topological polar surface area (TPSA) is 128 Å². The van der Waals surface area contributed by atoms with Gasteiger partial charge in [0.05, 0.1) is 36.1 Å². The van der Waals surface area contributed by atoms with Crippen molar-refractivity contribution in [2.24, 2.45) is 5.92 Å². The minimum absolute atomic E-state index is 0.0564. The largest absolute Gasteiger partial charge is 0.358 e. The van der Waals surface area contributed by atoms with Crippen molar-refractivity contribution in [1.29, 1.82) is 5.26 Å². The van der Waals surface area contributed by atoms with Gasteiger partial charge in [0.2, 0.25) is 6.41 Å². The van der Waals surface area contributed by atoms with Gasteiger partial charge < -0.3 is 15.2 Å². The quantitative estimate of drug-likeness (QED) is 0.249. The van der Waals surface area contributed by atoms with Gasteiger partial charge in [-0.15, -0.1) is 0 Å². The fourth-order valence-electron chi connectivity index (χ4n) is 4.01. The Kier molecular flexibility index (Phi) is 7.22. The molecule has 0 saturated heterocycles. The number of amides is 1. The van der Waals surface area contributed by atoms with E-state index in [0.717, 1.165) is 28.4 Å². The van der Waals surface area contributed by atoms with Crippen LogP contribution in [0.5, 0.6) is 0 Å². The summed E-state index contributed by atoms with van der Waals surface area (Å²) in [4.78, 5) is 28.5.